The van der Waals surface area contributed by atoms with Crippen molar-refractivity contribution in [3.63, 3.8) is 0 Å². The molecule has 0 fully saturated rings. The third kappa shape index (κ3) is 5.56. The highest BCUT2D eigenvalue weighted by molar-refractivity contribution is 5.67. The van der Waals surface area contributed by atoms with Gasteiger partial charge in [-0.15, -0.1) is 0 Å². The largest absolute Gasteiger partial charge is 0.494 e. The molecule has 1 unspecified atom stereocenters. The van der Waals surface area contributed by atoms with Crippen LogP contribution >= 0.6 is 0 Å². The maximum absolute atomic E-state index is 14.0. The van der Waals surface area contributed by atoms with Crippen molar-refractivity contribution in [2.75, 3.05) is 7.11 Å². The fourth-order valence-corrected chi connectivity index (χ4v) is 4.01. The first-order valence-corrected chi connectivity index (χ1v) is 10.6. The predicted molar refractivity (Wildman–Crippen MR) is 117 cm³/mol. The molecule has 3 rings (SSSR count). The van der Waals surface area contributed by atoms with Gasteiger partial charge in [0.05, 0.1) is 7.11 Å². The summed E-state index contributed by atoms with van der Waals surface area (Å²) >= 11 is 0. The average Bonchev–Trinajstić information content (AvgIpc) is 2.75. The molecule has 154 valence electrons. The molecule has 0 spiro atoms. The number of ether oxygens (including phenoxy) is 1. The Balaban J connectivity index is 1.54. The van der Waals surface area contributed by atoms with Gasteiger partial charge in [-0.05, 0) is 66.4 Å². The molecule has 0 aromatic heterocycles. The van der Waals surface area contributed by atoms with E-state index < -0.39 is 11.6 Å². The third-order valence-corrected chi connectivity index (χ3v) is 5.74. The minimum absolute atomic E-state index is 0.0594. The topological polar surface area (TPSA) is 9.23 Å². The second-order valence-corrected chi connectivity index (χ2v) is 7.78. The molecule has 1 atom stereocenters. The molecule has 0 heterocycles. The zero-order valence-electron chi connectivity index (χ0n) is 17.4. The molecule has 3 heteroatoms. The molecule has 0 aliphatic heterocycles. The first kappa shape index (κ1) is 21.3. The van der Waals surface area contributed by atoms with Gasteiger partial charge in [-0.2, -0.15) is 4.39 Å². The Bertz CT molecular complexity index is 865. The van der Waals surface area contributed by atoms with E-state index >= 15 is 0 Å². The summed E-state index contributed by atoms with van der Waals surface area (Å²) in [6, 6.07) is 11.7. The van der Waals surface area contributed by atoms with Crippen LogP contribution in [-0.2, 0) is 6.42 Å². The van der Waals surface area contributed by atoms with E-state index in [-0.39, 0.29) is 5.75 Å². The monoisotopic (exact) mass is 396 g/mol. The van der Waals surface area contributed by atoms with Gasteiger partial charge in [0.15, 0.2) is 11.6 Å². The van der Waals surface area contributed by atoms with Crippen molar-refractivity contribution in [2.45, 2.75) is 51.9 Å². The van der Waals surface area contributed by atoms with E-state index in [1.807, 2.05) is 12.2 Å². The van der Waals surface area contributed by atoms with Gasteiger partial charge in [-0.1, -0.05) is 68.3 Å². The van der Waals surface area contributed by atoms with E-state index in [0.29, 0.717) is 18.4 Å². The Morgan fingerprint density at radius 2 is 1.86 bits per heavy atom. The van der Waals surface area contributed by atoms with Crippen molar-refractivity contribution in [1.82, 2.24) is 0 Å². The van der Waals surface area contributed by atoms with Crippen LogP contribution in [0.4, 0.5) is 8.78 Å². The summed E-state index contributed by atoms with van der Waals surface area (Å²) < 4.78 is 32.6. The maximum Gasteiger partial charge on any atom is 0.200 e. The number of allylic oxidation sites excluding steroid dienone is 3. The highest BCUT2D eigenvalue weighted by Crippen LogP contribution is 2.32. The molecule has 0 N–H and O–H groups in total. The molecule has 0 radical (unpaired) electrons. The quantitative estimate of drug-likeness (QED) is 0.446. The molecule has 1 nitrogen and oxygen atoms in total. The van der Waals surface area contributed by atoms with Gasteiger partial charge >= 0.3 is 0 Å². The molecule has 0 amide bonds. The van der Waals surface area contributed by atoms with E-state index in [2.05, 4.69) is 37.3 Å². The van der Waals surface area contributed by atoms with Crippen LogP contribution < -0.4 is 4.74 Å². The summed E-state index contributed by atoms with van der Waals surface area (Å²) in [6.45, 7) is 2.26. The number of methoxy groups -OCH3 is 1. The zero-order valence-corrected chi connectivity index (χ0v) is 17.4. The van der Waals surface area contributed by atoms with Gasteiger partial charge in [0.2, 0.25) is 5.82 Å². The lowest BCUT2D eigenvalue weighted by molar-refractivity contribution is 0.370. The smallest absolute Gasteiger partial charge is 0.200 e. The third-order valence-electron chi connectivity index (χ3n) is 5.74. The minimum Gasteiger partial charge on any atom is -0.494 e. The maximum atomic E-state index is 14.0. The average molecular weight is 397 g/mol. The summed E-state index contributed by atoms with van der Waals surface area (Å²) in [5, 5.41) is 0. The van der Waals surface area contributed by atoms with Gasteiger partial charge in [-0.3, -0.25) is 0 Å². The molecule has 1 aliphatic rings. The van der Waals surface area contributed by atoms with Crippen molar-refractivity contribution in [3.05, 3.63) is 76.9 Å². The molecule has 2 aromatic rings. The van der Waals surface area contributed by atoms with E-state index in [4.69, 9.17) is 4.74 Å². The van der Waals surface area contributed by atoms with Crippen molar-refractivity contribution in [1.29, 1.82) is 0 Å². The first-order chi connectivity index (χ1) is 14.1. The van der Waals surface area contributed by atoms with Crippen molar-refractivity contribution >= 4 is 11.6 Å². The van der Waals surface area contributed by atoms with Gasteiger partial charge < -0.3 is 4.74 Å². The summed E-state index contributed by atoms with van der Waals surface area (Å²) in [6.07, 6.45) is 13.8. The number of rotatable bonds is 8. The molecule has 2 aromatic carbocycles. The Morgan fingerprint density at radius 1 is 1.07 bits per heavy atom. The predicted octanol–water partition coefficient (Wildman–Crippen LogP) is 7.60. The summed E-state index contributed by atoms with van der Waals surface area (Å²) in [5.74, 6) is -0.933. The Labute approximate surface area is 173 Å². The Hall–Kier alpha value is -2.42. The van der Waals surface area contributed by atoms with E-state index in [0.717, 1.165) is 11.5 Å². The molecule has 0 saturated heterocycles. The van der Waals surface area contributed by atoms with E-state index in [1.54, 1.807) is 6.07 Å². The lowest BCUT2D eigenvalue weighted by Crippen LogP contribution is -2.04. The zero-order chi connectivity index (χ0) is 20.6. The van der Waals surface area contributed by atoms with Crippen LogP contribution in [0, 0.1) is 17.6 Å². The fourth-order valence-electron chi connectivity index (χ4n) is 4.01. The molecule has 1 aliphatic carbocycles. The van der Waals surface area contributed by atoms with Gasteiger partial charge in [0, 0.05) is 0 Å². The summed E-state index contributed by atoms with van der Waals surface area (Å²) in [4.78, 5) is 0. The van der Waals surface area contributed by atoms with Crippen molar-refractivity contribution in [3.8, 4) is 5.75 Å². The number of benzene rings is 2. The van der Waals surface area contributed by atoms with Crippen molar-refractivity contribution < 1.29 is 13.5 Å². The molecule has 29 heavy (non-hydrogen) atoms. The molecular formula is C26H30F2O. The lowest BCUT2D eigenvalue weighted by Gasteiger charge is -2.21. The Morgan fingerprint density at radius 3 is 2.52 bits per heavy atom. The summed E-state index contributed by atoms with van der Waals surface area (Å²) in [7, 11) is 1.33. The van der Waals surface area contributed by atoms with Crippen LogP contribution in [0.1, 0.15) is 62.1 Å². The molecule has 0 saturated carbocycles. The SMILES string of the molecule is CCCC1CC=C(c2ccc(/C=C/CCc3ccc(OC)c(F)c3F)cc2)CC1. The van der Waals surface area contributed by atoms with Crippen LogP contribution in [0.15, 0.2) is 48.6 Å². The fraction of sp³-hybridized carbons (Fsp3) is 0.385. The number of hydrogen-bond donors (Lipinski definition) is 0. The van der Waals surface area contributed by atoms with Crippen molar-refractivity contribution in [2.24, 2.45) is 5.92 Å². The molecule has 0 bridgehead atoms. The number of hydrogen-bond acceptors (Lipinski definition) is 1. The van der Waals surface area contributed by atoms with Crippen LogP contribution in [-0.4, -0.2) is 7.11 Å². The van der Waals surface area contributed by atoms with E-state index in [9.17, 15) is 8.78 Å². The molecular weight excluding hydrogens is 366 g/mol. The first-order valence-electron chi connectivity index (χ1n) is 10.6. The standard InChI is InChI=1S/C26H30F2O/c1-3-6-19-9-13-21(14-10-19)22-15-11-20(12-16-22)7-4-5-8-23-17-18-24(29-2)26(28)25(23)27/h4,7,11-13,15-19H,3,5-6,8-10,14H2,1-2H3/b7-4+. The Kier molecular flexibility index (Phi) is 7.62. The number of aryl methyl sites for hydroxylation is 1. The highest BCUT2D eigenvalue weighted by Gasteiger charge is 2.15. The van der Waals surface area contributed by atoms with Gasteiger partial charge in [0.1, 0.15) is 0 Å². The van der Waals surface area contributed by atoms with Crippen LogP contribution in [0.25, 0.3) is 11.6 Å². The second-order valence-electron chi connectivity index (χ2n) is 7.78. The lowest BCUT2D eigenvalue weighted by atomic mass is 9.84. The van der Waals surface area contributed by atoms with Crippen LogP contribution in [0.5, 0.6) is 5.75 Å². The van der Waals surface area contributed by atoms with Gasteiger partial charge in [0.25, 0.3) is 0 Å². The van der Waals surface area contributed by atoms with Crippen LogP contribution in [0.3, 0.4) is 0 Å². The second kappa shape index (κ2) is 10.4. The van der Waals surface area contributed by atoms with Crippen LogP contribution in [0.2, 0.25) is 0 Å². The highest BCUT2D eigenvalue weighted by atomic mass is 19.2. The van der Waals surface area contributed by atoms with Gasteiger partial charge in [-0.25, -0.2) is 4.39 Å². The normalized spacial score (nSPS) is 16.8. The minimum atomic E-state index is -0.914. The summed E-state index contributed by atoms with van der Waals surface area (Å²) in [5.41, 5.74) is 4.27. The number of halogens is 2. The van der Waals surface area contributed by atoms with E-state index in [1.165, 1.54) is 56.4 Å².